The van der Waals surface area contributed by atoms with Gasteiger partial charge in [-0.3, -0.25) is 0 Å². The molecule has 2 aromatic carbocycles. The molecule has 0 aliphatic heterocycles. The second-order valence-electron chi connectivity index (χ2n) is 8.91. The quantitative estimate of drug-likeness (QED) is 0.372. The van der Waals surface area contributed by atoms with Gasteiger partial charge in [0.15, 0.2) is 5.75 Å². The highest BCUT2D eigenvalue weighted by atomic mass is 28.4. The molecule has 1 unspecified atom stereocenters. The van der Waals surface area contributed by atoms with Gasteiger partial charge >= 0.3 is 5.97 Å². The summed E-state index contributed by atoms with van der Waals surface area (Å²) in [4.78, 5) is 11.8. The topological polar surface area (TPSA) is 77.0 Å². The van der Waals surface area contributed by atoms with Crippen molar-refractivity contribution >= 4 is 20.0 Å². The number of benzene rings is 2. The van der Waals surface area contributed by atoms with E-state index in [2.05, 4.69) is 45.8 Å². The molecule has 0 heterocycles. The van der Waals surface area contributed by atoms with Crippen LogP contribution in [-0.4, -0.2) is 33.6 Å². The molecule has 0 bridgehead atoms. The Morgan fingerprint density at radius 1 is 1.06 bits per heavy atom. The zero-order valence-electron chi connectivity index (χ0n) is 19.4. The van der Waals surface area contributed by atoms with E-state index in [0.29, 0.717) is 22.8 Å². The summed E-state index contributed by atoms with van der Waals surface area (Å²) >= 11 is 0. The van der Waals surface area contributed by atoms with Gasteiger partial charge in [-0.25, -0.2) is 4.79 Å². The third-order valence-electron chi connectivity index (χ3n) is 5.70. The van der Waals surface area contributed by atoms with Gasteiger partial charge in [0, 0.05) is 11.8 Å². The van der Waals surface area contributed by atoms with Crippen LogP contribution in [0.15, 0.2) is 54.6 Å². The fourth-order valence-electron chi connectivity index (χ4n) is 2.76. The molecule has 0 aliphatic carbocycles. The Morgan fingerprint density at radius 3 is 2.29 bits per heavy atom. The molecule has 6 nitrogen and oxygen atoms in total. The van der Waals surface area contributed by atoms with Crippen molar-refractivity contribution in [3.8, 4) is 17.2 Å². The van der Waals surface area contributed by atoms with E-state index in [9.17, 15) is 9.90 Å². The molecule has 0 aromatic heterocycles. The second-order valence-corrected chi connectivity index (χ2v) is 13.6. The monoisotopic (exact) mass is 443 g/mol. The minimum Gasteiger partial charge on any atom is -0.541 e. The third kappa shape index (κ3) is 5.82. The summed E-state index contributed by atoms with van der Waals surface area (Å²) in [5, 5.41) is 12.9. The number of carboxylic acid groups (broad SMARTS) is 1. The lowest BCUT2D eigenvalue weighted by Crippen LogP contribution is -2.44. The molecule has 2 N–H and O–H groups in total. The fourth-order valence-corrected chi connectivity index (χ4v) is 3.77. The van der Waals surface area contributed by atoms with E-state index in [1.165, 1.54) is 0 Å². The van der Waals surface area contributed by atoms with Crippen LogP contribution in [0.25, 0.3) is 0 Å². The van der Waals surface area contributed by atoms with Crippen molar-refractivity contribution in [3.63, 3.8) is 0 Å². The maximum Gasteiger partial charge on any atom is 0.333 e. The predicted molar refractivity (Wildman–Crippen MR) is 127 cm³/mol. The number of nitrogens with one attached hydrogen (secondary N) is 1. The summed E-state index contributed by atoms with van der Waals surface area (Å²) < 4.78 is 17.3. The summed E-state index contributed by atoms with van der Waals surface area (Å²) in [6.45, 7) is 14.6. The number of methoxy groups -OCH3 is 2. The predicted octanol–water partition coefficient (Wildman–Crippen LogP) is 5.88. The molecular formula is C24H33NO5Si. The Balaban J connectivity index is 2.50. The van der Waals surface area contributed by atoms with Crippen molar-refractivity contribution in [1.29, 1.82) is 0 Å². The molecule has 0 fully saturated rings. The van der Waals surface area contributed by atoms with Crippen molar-refractivity contribution in [2.24, 2.45) is 0 Å². The fraction of sp³-hybridized carbons (Fsp3) is 0.375. The number of hydrogen-bond acceptors (Lipinski definition) is 5. The van der Waals surface area contributed by atoms with E-state index in [1.54, 1.807) is 26.4 Å². The molecule has 0 amide bonds. The maximum atomic E-state index is 11.8. The number of hydrogen-bond donors (Lipinski definition) is 2. The van der Waals surface area contributed by atoms with E-state index < -0.39 is 20.3 Å². The Bertz CT molecular complexity index is 949. The first-order chi connectivity index (χ1) is 14.4. The molecule has 0 aliphatic rings. The van der Waals surface area contributed by atoms with Crippen LogP contribution in [0.2, 0.25) is 18.1 Å². The average Bonchev–Trinajstić information content (AvgIpc) is 2.70. The van der Waals surface area contributed by atoms with Crippen LogP contribution in [0, 0.1) is 0 Å². The highest BCUT2D eigenvalue weighted by molar-refractivity contribution is 6.74. The Morgan fingerprint density at radius 2 is 1.74 bits per heavy atom. The molecule has 1 atom stereocenters. The van der Waals surface area contributed by atoms with Crippen LogP contribution in [0.5, 0.6) is 17.2 Å². The molecule has 0 saturated heterocycles. The molecule has 0 saturated carbocycles. The largest absolute Gasteiger partial charge is 0.541 e. The third-order valence-corrected chi connectivity index (χ3v) is 10.0. The Labute approximate surface area is 186 Å². The minimum absolute atomic E-state index is 0.00305. The van der Waals surface area contributed by atoms with Crippen LogP contribution in [-0.2, 0) is 4.79 Å². The van der Waals surface area contributed by atoms with Gasteiger partial charge < -0.3 is 24.3 Å². The minimum atomic E-state index is -2.14. The Kier molecular flexibility index (Phi) is 7.44. The number of aliphatic carboxylic acids is 1. The molecular weight excluding hydrogens is 410 g/mol. The number of ether oxygens (including phenoxy) is 2. The van der Waals surface area contributed by atoms with Crippen molar-refractivity contribution in [3.05, 3.63) is 60.2 Å². The second kappa shape index (κ2) is 9.47. The molecule has 0 spiro atoms. The van der Waals surface area contributed by atoms with Gasteiger partial charge in [-0.2, -0.15) is 0 Å². The van der Waals surface area contributed by atoms with Crippen molar-refractivity contribution in [2.45, 2.75) is 44.9 Å². The number of carbonyl (C=O) groups is 1. The summed E-state index contributed by atoms with van der Waals surface area (Å²) in [5.74, 6) is 0.793. The van der Waals surface area contributed by atoms with E-state index in [-0.39, 0.29) is 10.6 Å². The van der Waals surface area contributed by atoms with E-state index in [1.807, 2.05) is 30.3 Å². The van der Waals surface area contributed by atoms with Crippen LogP contribution in [0.1, 0.15) is 32.4 Å². The van der Waals surface area contributed by atoms with Gasteiger partial charge in [0.2, 0.25) is 0 Å². The van der Waals surface area contributed by atoms with Gasteiger partial charge in [0.25, 0.3) is 8.32 Å². The standard InChI is InChI=1S/C24H33NO5Si/c1-16(23(26)27)22(25-18-10-9-11-19(15-18)28-5)17-12-13-20(29-6)21(14-17)30-31(7,8)24(2,3)4/h9-15,22,25H,1H2,2-8H3,(H,26,27). The molecule has 31 heavy (non-hydrogen) atoms. The summed E-state index contributed by atoms with van der Waals surface area (Å²) in [7, 11) is 1.03. The lowest BCUT2D eigenvalue weighted by Gasteiger charge is -2.37. The highest BCUT2D eigenvalue weighted by Crippen LogP contribution is 2.41. The normalized spacial score (nSPS) is 12.6. The van der Waals surface area contributed by atoms with E-state index in [0.717, 1.165) is 5.69 Å². The van der Waals surface area contributed by atoms with Gasteiger partial charge in [0.1, 0.15) is 11.5 Å². The van der Waals surface area contributed by atoms with Gasteiger partial charge in [-0.15, -0.1) is 0 Å². The lowest BCUT2D eigenvalue weighted by atomic mass is 9.99. The Hall–Kier alpha value is -2.93. The van der Waals surface area contributed by atoms with Gasteiger partial charge in [-0.05, 0) is 48.0 Å². The first-order valence-electron chi connectivity index (χ1n) is 10.1. The SMILES string of the molecule is C=C(C(=O)O)C(Nc1cccc(OC)c1)c1ccc(OC)c(O[Si](C)(C)C(C)(C)C)c1. The highest BCUT2D eigenvalue weighted by Gasteiger charge is 2.39. The number of carboxylic acids is 1. The average molecular weight is 444 g/mol. The van der Waals surface area contributed by atoms with Crippen LogP contribution in [0.3, 0.4) is 0 Å². The van der Waals surface area contributed by atoms with Gasteiger partial charge in [0.05, 0.1) is 25.8 Å². The zero-order chi connectivity index (χ0) is 23.4. The van der Waals surface area contributed by atoms with Crippen LogP contribution >= 0.6 is 0 Å². The van der Waals surface area contributed by atoms with Crippen molar-refractivity contribution in [1.82, 2.24) is 0 Å². The number of anilines is 1. The molecule has 168 valence electrons. The summed E-state index contributed by atoms with van der Waals surface area (Å²) in [6.07, 6.45) is 0. The summed E-state index contributed by atoms with van der Waals surface area (Å²) in [5.41, 5.74) is 1.45. The summed E-state index contributed by atoms with van der Waals surface area (Å²) in [6, 6.07) is 12.1. The molecule has 0 radical (unpaired) electrons. The zero-order valence-corrected chi connectivity index (χ0v) is 20.4. The maximum absolute atomic E-state index is 11.8. The molecule has 2 aromatic rings. The van der Waals surface area contributed by atoms with Gasteiger partial charge in [-0.1, -0.05) is 39.5 Å². The smallest absolute Gasteiger partial charge is 0.333 e. The molecule has 2 rings (SSSR count). The van der Waals surface area contributed by atoms with Crippen molar-refractivity contribution in [2.75, 3.05) is 19.5 Å². The van der Waals surface area contributed by atoms with Crippen LogP contribution in [0.4, 0.5) is 5.69 Å². The molecule has 7 heteroatoms. The van der Waals surface area contributed by atoms with E-state index in [4.69, 9.17) is 13.9 Å². The van der Waals surface area contributed by atoms with E-state index >= 15 is 0 Å². The lowest BCUT2D eigenvalue weighted by molar-refractivity contribution is -0.132. The van der Waals surface area contributed by atoms with Crippen LogP contribution < -0.4 is 19.2 Å². The first-order valence-corrected chi connectivity index (χ1v) is 13.0. The van der Waals surface area contributed by atoms with Crippen molar-refractivity contribution < 1.29 is 23.8 Å². The number of rotatable bonds is 9. The first kappa shape index (κ1) is 24.3.